The van der Waals surface area contributed by atoms with E-state index in [-0.39, 0.29) is 17.4 Å². The van der Waals surface area contributed by atoms with Gasteiger partial charge in [0.2, 0.25) is 5.91 Å². The topological polar surface area (TPSA) is 55.1 Å². The van der Waals surface area contributed by atoms with E-state index in [9.17, 15) is 4.79 Å². The third-order valence-corrected chi connectivity index (χ3v) is 6.72. The van der Waals surface area contributed by atoms with Crippen molar-refractivity contribution in [1.29, 1.82) is 0 Å². The predicted octanol–water partition coefficient (Wildman–Crippen LogP) is 2.40. The summed E-state index contributed by atoms with van der Waals surface area (Å²) in [5.74, 6) is 1.75. The van der Waals surface area contributed by atoms with Crippen molar-refractivity contribution < 1.29 is 4.79 Å². The molecule has 2 bridgehead atoms. The first kappa shape index (κ1) is 15.2. The van der Waals surface area contributed by atoms with Crippen LogP contribution < -0.4 is 11.1 Å². The van der Waals surface area contributed by atoms with Gasteiger partial charge in [-0.2, -0.15) is 11.8 Å². The van der Waals surface area contributed by atoms with E-state index < -0.39 is 0 Å². The first-order valence-corrected chi connectivity index (χ1v) is 8.77. The van der Waals surface area contributed by atoms with Crippen LogP contribution >= 0.6 is 11.8 Å². The lowest BCUT2D eigenvalue weighted by Crippen LogP contribution is -2.51. The number of amides is 1. The number of nitrogens with one attached hydrogen (secondary N) is 1. The van der Waals surface area contributed by atoms with E-state index in [0.29, 0.717) is 11.5 Å². The molecule has 0 saturated heterocycles. The van der Waals surface area contributed by atoms with Crippen LogP contribution in [0.25, 0.3) is 0 Å². The van der Waals surface area contributed by atoms with Crippen LogP contribution in [0, 0.1) is 16.7 Å². The molecule has 0 aromatic rings. The lowest BCUT2D eigenvalue weighted by Gasteiger charge is -2.39. The van der Waals surface area contributed by atoms with E-state index in [4.69, 9.17) is 5.73 Å². The van der Waals surface area contributed by atoms with Crippen LogP contribution in [-0.2, 0) is 4.79 Å². The van der Waals surface area contributed by atoms with Crippen molar-refractivity contribution in [2.45, 2.75) is 58.5 Å². The highest BCUT2D eigenvalue weighted by atomic mass is 32.2. The van der Waals surface area contributed by atoms with Gasteiger partial charge in [0.25, 0.3) is 0 Å². The zero-order valence-electron chi connectivity index (χ0n) is 12.7. The van der Waals surface area contributed by atoms with Crippen molar-refractivity contribution in [2.75, 3.05) is 12.0 Å². The largest absolute Gasteiger partial charge is 0.351 e. The van der Waals surface area contributed by atoms with Gasteiger partial charge in [-0.25, -0.2) is 0 Å². The van der Waals surface area contributed by atoms with E-state index in [1.165, 1.54) is 12.8 Å². The summed E-state index contributed by atoms with van der Waals surface area (Å²) in [4.78, 5) is 12.2. The molecule has 4 atom stereocenters. The molecule has 2 saturated carbocycles. The minimum absolute atomic E-state index is 0.0450. The molecule has 4 heteroatoms. The van der Waals surface area contributed by atoms with Gasteiger partial charge >= 0.3 is 0 Å². The Kier molecular flexibility index (Phi) is 4.22. The minimum Gasteiger partial charge on any atom is -0.351 e. The standard InChI is InChI=1S/C15H28N2OS/c1-14(2)10-5-7-15(14,3)12(9-10)17-13(18)11(16)6-8-19-4/h10-12H,5-9,16H2,1-4H3,(H,17,18)/t10?,11-,12?,15?/m1/s1. The molecule has 3 nitrogen and oxygen atoms in total. The normalized spacial score (nSPS) is 37.3. The first-order valence-electron chi connectivity index (χ1n) is 7.38. The maximum Gasteiger partial charge on any atom is 0.237 e. The Hall–Kier alpha value is -0.220. The summed E-state index contributed by atoms with van der Waals surface area (Å²) < 4.78 is 0. The number of rotatable bonds is 5. The number of nitrogens with two attached hydrogens (primary N) is 1. The maximum absolute atomic E-state index is 12.2. The van der Waals surface area contributed by atoms with Crippen LogP contribution in [0.2, 0.25) is 0 Å². The van der Waals surface area contributed by atoms with Crippen molar-refractivity contribution in [3.63, 3.8) is 0 Å². The highest BCUT2D eigenvalue weighted by Crippen LogP contribution is 2.65. The molecule has 110 valence electrons. The van der Waals surface area contributed by atoms with Crippen LogP contribution in [0.5, 0.6) is 0 Å². The summed E-state index contributed by atoms with van der Waals surface area (Å²) in [5.41, 5.74) is 6.55. The lowest BCUT2D eigenvalue weighted by atomic mass is 9.69. The molecule has 0 aliphatic heterocycles. The number of thioether (sulfide) groups is 1. The third-order valence-electron chi connectivity index (χ3n) is 6.08. The van der Waals surface area contributed by atoms with E-state index in [1.54, 1.807) is 11.8 Å². The van der Waals surface area contributed by atoms with Crippen molar-refractivity contribution >= 4 is 17.7 Å². The zero-order chi connectivity index (χ0) is 14.3. The number of carbonyl (C=O) groups is 1. The fraction of sp³-hybridized carbons (Fsp3) is 0.933. The first-order chi connectivity index (χ1) is 8.83. The highest BCUT2D eigenvalue weighted by molar-refractivity contribution is 7.98. The average Bonchev–Trinajstić information content (AvgIpc) is 2.68. The molecule has 0 aromatic heterocycles. The number of hydrogen-bond donors (Lipinski definition) is 2. The predicted molar refractivity (Wildman–Crippen MR) is 82.1 cm³/mol. The fourth-order valence-electron chi connectivity index (χ4n) is 4.08. The lowest BCUT2D eigenvalue weighted by molar-refractivity contribution is -0.124. The monoisotopic (exact) mass is 284 g/mol. The van der Waals surface area contributed by atoms with Gasteiger partial charge in [-0.1, -0.05) is 20.8 Å². The van der Waals surface area contributed by atoms with Crippen molar-refractivity contribution in [3.05, 3.63) is 0 Å². The Labute approximate surface area is 121 Å². The van der Waals surface area contributed by atoms with E-state index in [0.717, 1.165) is 24.5 Å². The van der Waals surface area contributed by atoms with Gasteiger partial charge in [0.1, 0.15) is 0 Å². The molecular formula is C15H28N2OS. The van der Waals surface area contributed by atoms with E-state index in [1.807, 2.05) is 6.26 Å². The molecule has 2 fully saturated rings. The fourth-order valence-corrected chi connectivity index (χ4v) is 4.57. The second-order valence-electron chi connectivity index (χ2n) is 7.06. The van der Waals surface area contributed by atoms with Crippen LogP contribution in [0.4, 0.5) is 0 Å². The van der Waals surface area contributed by atoms with Gasteiger partial charge in [-0.05, 0) is 54.4 Å². The Morgan fingerprint density at radius 2 is 2.16 bits per heavy atom. The summed E-state index contributed by atoms with van der Waals surface area (Å²) in [5, 5.41) is 3.24. The van der Waals surface area contributed by atoms with Gasteiger partial charge in [0.15, 0.2) is 0 Å². The average molecular weight is 284 g/mol. The molecule has 0 radical (unpaired) electrons. The number of fused-ring (bicyclic) bond motifs is 2. The molecule has 3 unspecified atom stereocenters. The van der Waals surface area contributed by atoms with Gasteiger partial charge in [-0.3, -0.25) is 4.79 Å². The van der Waals surface area contributed by atoms with E-state index >= 15 is 0 Å². The summed E-state index contributed by atoms with van der Waals surface area (Å²) in [6.07, 6.45) is 6.49. The Morgan fingerprint density at radius 1 is 1.47 bits per heavy atom. The zero-order valence-corrected chi connectivity index (χ0v) is 13.5. The molecule has 3 N–H and O–H groups in total. The van der Waals surface area contributed by atoms with Crippen molar-refractivity contribution in [1.82, 2.24) is 5.32 Å². The Morgan fingerprint density at radius 3 is 2.63 bits per heavy atom. The van der Waals surface area contributed by atoms with Gasteiger partial charge < -0.3 is 11.1 Å². The molecule has 2 aliphatic carbocycles. The highest BCUT2D eigenvalue weighted by Gasteiger charge is 2.61. The third kappa shape index (κ3) is 2.42. The maximum atomic E-state index is 12.2. The molecule has 1 amide bonds. The van der Waals surface area contributed by atoms with Gasteiger partial charge in [0.05, 0.1) is 6.04 Å². The minimum atomic E-state index is -0.349. The second-order valence-corrected chi connectivity index (χ2v) is 8.05. The quantitative estimate of drug-likeness (QED) is 0.815. The van der Waals surface area contributed by atoms with Gasteiger partial charge in [-0.15, -0.1) is 0 Å². The number of carbonyl (C=O) groups excluding carboxylic acids is 1. The van der Waals surface area contributed by atoms with Crippen LogP contribution in [0.1, 0.15) is 46.5 Å². The van der Waals surface area contributed by atoms with Crippen molar-refractivity contribution in [3.8, 4) is 0 Å². The summed E-state index contributed by atoms with van der Waals surface area (Å²) in [7, 11) is 0. The molecule has 0 aromatic carbocycles. The van der Waals surface area contributed by atoms with Crippen LogP contribution in [0.3, 0.4) is 0 Å². The van der Waals surface area contributed by atoms with E-state index in [2.05, 4.69) is 26.1 Å². The summed E-state index contributed by atoms with van der Waals surface area (Å²) in [6, 6.07) is -0.0348. The summed E-state index contributed by atoms with van der Waals surface area (Å²) >= 11 is 1.74. The molecule has 19 heavy (non-hydrogen) atoms. The Bertz CT molecular complexity index is 358. The van der Waals surface area contributed by atoms with Gasteiger partial charge in [0, 0.05) is 6.04 Å². The molecular weight excluding hydrogens is 256 g/mol. The molecule has 2 aliphatic rings. The molecule has 0 spiro atoms. The summed E-state index contributed by atoms with van der Waals surface area (Å²) in [6.45, 7) is 7.08. The smallest absolute Gasteiger partial charge is 0.237 e. The molecule has 0 heterocycles. The van der Waals surface area contributed by atoms with Crippen LogP contribution in [-0.4, -0.2) is 30.0 Å². The Balaban J connectivity index is 1.96. The second kappa shape index (κ2) is 5.28. The number of hydrogen-bond acceptors (Lipinski definition) is 3. The van der Waals surface area contributed by atoms with Crippen molar-refractivity contribution in [2.24, 2.45) is 22.5 Å². The SMILES string of the molecule is CSCC[C@@H](N)C(=O)NC1CC2CCC1(C)C2(C)C. The van der Waals surface area contributed by atoms with Crippen LogP contribution in [0.15, 0.2) is 0 Å². The molecule has 2 rings (SSSR count).